The molecule has 0 bridgehead atoms. The van der Waals surface area contributed by atoms with E-state index in [0.29, 0.717) is 35.5 Å². The molecule has 2 saturated carbocycles. The van der Waals surface area contributed by atoms with Crippen LogP contribution in [0, 0.1) is 46.3 Å². The van der Waals surface area contributed by atoms with Gasteiger partial charge in [0.15, 0.2) is 0 Å². The molecule has 1 N–H and O–H groups in total. The second-order valence-electron chi connectivity index (χ2n) is 12.4. The van der Waals surface area contributed by atoms with Crippen molar-refractivity contribution in [3.63, 3.8) is 0 Å². The average Bonchev–Trinajstić information content (AvgIpc) is 2.50. The zero-order valence-electron chi connectivity index (χ0n) is 19.9. The van der Waals surface area contributed by atoms with Gasteiger partial charge in [-0.25, -0.2) is 0 Å². The monoisotopic (exact) mass is 394 g/mol. The highest BCUT2D eigenvalue weighted by Crippen LogP contribution is 2.49. The number of aliphatic hydroxyl groups is 1. The van der Waals surface area contributed by atoms with Gasteiger partial charge in [0.05, 0.1) is 6.10 Å². The Bertz CT molecular complexity index is 527. The molecule has 0 aromatic heterocycles. The minimum atomic E-state index is -0.250. The van der Waals surface area contributed by atoms with E-state index in [9.17, 15) is 9.90 Å². The number of carbonyl (C=O) groups excluding carboxylic acids is 1. The van der Waals surface area contributed by atoms with Crippen molar-refractivity contribution in [3.8, 4) is 0 Å². The fraction of sp³-hybridized carbons (Fsp3) is 0.960. The lowest BCUT2D eigenvalue weighted by Gasteiger charge is -2.49. The van der Waals surface area contributed by atoms with Crippen LogP contribution < -0.4 is 0 Å². The molecule has 2 aliphatic carbocycles. The summed E-state index contributed by atoms with van der Waals surface area (Å²) in [7, 11) is 0. The number of ether oxygens (including phenoxy) is 1. The van der Waals surface area contributed by atoms with Crippen molar-refractivity contribution in [3.05, 3.63) is 0 Å². The van der Waals surface area contributed by atoms with Crippen LogP contribution in [0.5, 0.6) is 0 Å². The third kappa shape index (κ3) is 5.74. The highest BCUT2D eigenvalue weighted by Gasteiger charge is 2.47. The van der Waals surface area contributed by atoms with Crippen LogP contribution >= 0.6 is 0 Å². The molecule has 0 radical (unpaired) electrons. The van der Waals surface area contributed by atoms with Crippen molar-refractivity contribution < 1.29 is 14.6 Å². The Balaban J connectivity index is 2.25. The van der Waals surface area contributed by atoms with Gasteiger partial charge in [-0.05, 0) is 72.5 Å². The van der Waals surface area contributed by atoms with E-state index in [0.717, 1.165) is 32.1 Å². The van der Waals surface area contributed by atoms with Crippen LogP contribution in [-0.2, 0) is 9.53 Å². The summed E-state index contributed by atoms with van der Waals surface area (Å²) in [6, 6.07) is 0. The van der Waals surface area contributed by atoms with Gasteiger partial charge >= 0.3 is 5.97 Å². The fourth-order valence-corrected chi connectivity index (χ4v) is 6.23. The summed E-state index contributed by atoms with van der Waals surface area (Å²) in [6.07, 6.45) is 5.12. The minimum Gasteiger partial charge on any atom is -0.462 e. The molecule has 8 atom stereocenters. The third-order valence-corrected chi connectivity index (χ3v) is 7.61. The maximum absolute atomic E-state index is 11.9. The second-order valence-corrected chi connectivity index (χ2v) is 12.4. The standard InChI is InChI=1S/C25H46O3/c1-15-10-18(22(27)20(12-15)24(4,5)6)14-19-11-16(2)13-21(25(7,8)9)23(19)28-17(3)26/h15-16,18-23,27H,10-14H2,1-9H3. The van der Waals surface area contributed by atoms with Crippen molar-refractivity contribution >= 4 is 5.97 Å². The number of hydrogen-bond donors (Lipinski definition) is 1. The van der Waals surface area contributed by atoms with Crippen LogP contribution in [0.4, 0.5) is 0 Å². The second kappa shape index (κ2) is 8.66. The number of carbonyl (C=O) groups is 1. The Labute approximate surface area is 174 Å². The third-order valence-electron chi connectivity index (χ3n) is 7.61. The zero-order valence-corrected chi connectivity index (χ0v) is 19.9. The van der Waals surface area contributed by atoms with E-state index in [-0.39, 0.29) is 29.0 Å². The molecule has 3 nitrogen and oxygen atoms in total. The van der Waals surface area contributed by atoms with Gasteiger partial charge in [-0.15, -0.1) is 0 Å². The average molecular weight is 395 g/mol. The first-order chi connectivity index (χ1) is 12.7. The smallest absolute Gasteiger partial charge is 0.302 e. The van der Waals surface area contributed by atoms with Crippen LogP contribution in [0.2, 0.25) is 0 Å². The van der Waals surface area contributed by atoms with E-state index in [4.69, 9.17) is 4.74 Å². The summed E-state index contributed by atoms with van der Waals surface area (Å²) >= 11 is 0. The van der Waals surface area contributed by atoms with Crippen molar-refractivity contribution in [2.24, 2.45) is 46.3 Å². The van der Waals surface area contributed by atoms with Gasteiger partial charge in [0, 0.05) is 12.8 Å². The lowest BCUT2D eigenvalue weighted by Crippen LogP contribution is -2.48. The topological polar surface area (TPSA) is 46.5 Å². The first-order valence-corrected chi connectivity index (χ1v) is 11.6. The van der Waals surface area contributed by atoms with E-state index >= 15 is 0 Å². The van der Waals surface area contributed by atoms with Gasteiger partial charge in [0.1, 0.15) is 6.10 Å². The molecule has 0 amide bonds. The molecule has 0 aliphatic heterocycles. The Morgan fingerprint density at radius 3 is 1.79 bits per heavy atom. The molecule has 0 aromatic rings. The highest BCUT2D eigenvalue weighted by molar-refractivity contribution is 5.66. The van der Waals surface area contributed by atoms with Gasteiger partial charge in [0.25, 0.3) is 0 Å². The molecule has 2 aliphatic rings. The van der Waals surface area contributed by atoms with Gasteiger partial charge in [-0.3, -0.25) is 4.79 Å². The molecule has 164 valence electrons. The number of rotatable bonds is 3. The molecule has 2 rings (SSSR count). The molecule has 0 heterocycles. The molecule has 2 fully saturated rings. The summed E-state index contributed by atoms with van der Waals surface area (Å²) in [4.78, 5) is 11.9. The Morgan fingerprint density at radius 2 is 1.32 bits per heavy atom. The highest BCUT2D eigenvalue weighted by atomic mass is 16.5. The van der Waals surface area contributed by atoms with Gasteiger partial charge in [-0.1, -0.05) is 55.4 Å². The van der Waals surface area contributed by atoms with Crippen molar-refractivity contribution in [2.75, 3.05) is 0 Å². The summed E-state index contributed by atoms with van der Waals surface area (Å²) in [6.45, 7) is 19.8. The number of hydrogen-bond acceptors (Lipinski definition) is 3. The van der Waals surface area contributed by atoms with Crippen molar-refractivity contribution in [1.82, 2.24) is 0 Å². The predicted octanol–water partition coefficient (Wildman–Crippen LogP) is 6.09. The van der Waals surface area contributed by atoms with E-state index in [2.05, 4.69) is 55.4 Å². The molecule has 8 unspecified atom stereocenters. The van der Waals surface area contributed by atoms with E-state index < -0.39 is 0 Å². The van der Waals surface area contributed by atoms with Gasteiger partial charge in [-0.2, -0.15) is 0 Å². The number of aliphatic hydroxyl groups excluding tert-OH is 1. The largest absolute Gasteiger partial charge is 0.462 e. The summed E-state index contributed by atoms with van der Waals surface area (Å²) in [5, 5.41) is 11.3. The fourth-order valence-electron chi connectivity index (χ4n) is 6.23. The van der Waals surface area contributed by atoms with E-state index in [1.54, 1.807) is 6.92 Å². The predicted molar refractivity (Wildman–Crippen MR) is 116 cm³/mol. The first-order valence-electron chi connectivity index (χ1n) is 11.6. The Kier molecular flexibility index (Phi) is 7.33. The first kappa shape index (κ1) is 23.7. The lowest BCUT2D eigenvalue weighted by atomic mass is 9.59. The van der Waals surface area contributed by atoms with Crippen LogP contribution in [0.15, 0.2) is 0 Å². The van der Waals surface area contributed by atoms with Crippen molar-refractivity contribution in [2.45, 2.75) is 107 Å². The summed E-state index contributed by atoms with van der Waals surface area (Å²) in [5.74, 6) is 2.49. The van der Waals surface area contributed by atoms with E-state index in [1.165, 1.54) is 0 Å². The Hall–Kier alpha value is -0.570. The molecule has 0 aromatic carbocycles. The summed E-state index contributed by atoms with van der Waals surface area (Å²) in [5.41, 5.74) is 0.231. The van der Waals surface area contributed by atoms with Gasteiger partial charge in [0.2, 0.25) is 0 Å². The van der Waals surface area contributed by atoms with Gasteiger partial charge < -0.3 is 9.84 Å². The lowest BCUT2D eigenvalue weighted by molar-refractivity contribution is -0.163. The molecule has 0 spiro atoms. The number of esters is 1. The molecule has 0 saturated heterocycles. The van der Waals surface area contributed by atoms with Crippen LogP contribution in [0.25, 0.3) is 0 Å². The molecular formula is C25H46O3. The SMILES string of the molecule is CC(=O)OC1C(CC2CC(C)CC(C(C)(C)C)C2O)CC(C)CC1C(C)(C)C. The quantitative estimate of drug-likeness (QED) is 0.590. The molecule has 3 heteroatoms. The summed E-state index contributed by atoms with van der Waals surface area (Å²) < 4.78 is 5.97. The van der Waals surface area contributed by atoms with Crippen LogP contribution in [0.3, 0.4) is 0 Å². The Morgan fingerprint density at radius 1 is 0.857 bits per heavy atom. The van der Waals surface area contributed by atoms with Crippen molar-refractivity contribution in [1.29, 1.82) is 0 Å². The minimum absolute atomic E-state index is 0.0220. The normalized spacial score (nSPS) is 40.2. The molecule has 28 heavy (non-hydrogen) atoms. The van der Waals surface area contributed by atoms with Crippen LogP contribution in [-0.4, -0.2) is 23.3 Å². The maximum Gasteiger partial charge on any atom is 0.302 e. The zero-order chi connectivity index (χ0) is 21.4. The van der Waals surface area contributed by atoms with Crippen LogP contribution in [0.1, 0.15) is 94.4 Å². The van der Waals surface area contributed by atoms with E-state index in [1.807, 2.05) is 0 Å². The maximum atomic E-state index is 11.9. The molecular weight excluding hydrogens is 348 g/mol.